The van der Waals surface area contributed by atoms with E-state index in [1.54, 1.807) is 20.8 Å². The number of aryl methyl sites for hydroxylation is 2. The third-order valence-electron chi connectivity index (χ3n) is 4.81. The molecule has 0 aliphatic heterocycles. The number of likely N-dealkylation sites (N-methyl/N-ethyl adjacent to an activating group) is 1. The predicted octanol–water partition coefficient (Wildman–Crippen LogP) is 4.02. The smallest absolute Gasteiger partial charge is 0.408 e. The quantitative estimate of drug-likeness (QED) is 0.546. The highest BCUT2D eigenvalue weighted by Crippen LogP contribution is 2.26. The molecule has 3 amide bonds. The van der Waals surface area contributed by atoms with Gasteiger partial charge in [-0.05, 0) is 59.1 Å². The van der Waals surface area contributed by atoms with Crippen LogP contribution >= 0.6 is 0 Å². The van der Waals surface area contributed by atoms with E-state index in [9.17, 15) is 14.4 Å². The lowest BCUT2D eigenvalue weighted by molar-refractivity contribution is -0.140. The van der Waals surface area contributed by atoms with E-state index in [4.69, 9.17) is 4.74 Å². The molecule has 0 saturated carbocycles. The molecule has 0 aliphatic carbocycles. The summed E-state index contributed by atoms with van der Waals surface area (Å²) < 4.78 is 5.20. The molecule has 0 bridgehead atoms. The zero-order chi connectivity index (χ0) is 23.6. The molecule has 0 fully saturated rings. The fraction of sp³-hybridized carbons (Fsp3) is 0.625. The van der Waals surface area contributed by atoms with E-state index in [2.05, 4.69) is 17.6 Å². The van der Waals surface area contributed by atoms with Crippen LogP contribution < -0.4 is 10.6 Å². The van der Waals surface area contributed by atoms with Crippen molar-refractivity contribution in [2.75, 3.05) is 19.6 Å². The minimum absolute atomic E-state index is 0.211. The van der Waals surface area contributed by atoms with Crippen LogP contribution in [0.25, 0.3) is 0 Å². The predicted molar refractivity (Wildman–Crippen MR) is 123 cm³/mol. The highest BCUT2D eigenvalue weighted by Gasteiger charge is 2.31. The first-order valence-electron chi connectivity index (χ1n) is 11.1. The number of carbonyl (C=O) groups is 3. The van der Waals surface area contributed by atoms with Crippen LogP contribution in [0.15, 0.2) is 18.2 Å². The highest BCUT2D eigenvalue weighted by atomic mass is 16.6. The lowest BCUT2D eigenvalue weighted by Gasteiger charge is -2.31. The van der Waals surface area contributed by atoms with E-state index >= 15 is 0 Å². The maximum atomic E-state index is 13.2. The summed E-state index contributed by atoms with van der Waals surface area (Å²) in [7, 11) is 0. The van der Waals surface area contributed by atoms with Crippen LogP contribution in [0.1, 0.15) is 76.6 Å². The van der Waals surface area contributed by atoms with E-state index < -0.39 is 17.7 Å². The average molecular weight is 434 g/mol. The van der Waals surface area contributed by atoms with Gasteiger partial charge >= 0.3 is 6.09 Å². The Morgan fingerprint density at radius 1 is 1.06 bits per heavy atom. The van der Waals surface area contributed by atoms with Gasteiger partial charge in [0.15, 0.2) is 0 Å². The van der Waals surface area contributed by atoms with Crippen molar-refractivity contribution < 1.29 is 19.1 Å². The number of ether oxygens (including phenoxy) is 1. The summed E-state index contributed by atoms with van der Waals surface area (Å²) >= 11 is 0. The van der Waals surface area contributed by atoms with Crippen LogP contribution in [0.5, 0.6) is 0 Å². The van der Waals surface area contributed by atoms with Gasteiger partial charge in [-0.15, -0.1) is 0 Å². The minimum Gasteiger partial charge on any atom is -0.444 e. The van der Waals surface area contributed by atoms with Crippen LogP contribution in [-0.4, -0.2) is 48.0 Å². The third kappa shape index (κ3) is 8.99. The van der Waals surface area contributed by atoms with Gasteiger partial charge in [0.25, 0.3) is 0 Å². The van der Waals surface area contributed by atoms with Crippen molar-refractivity contribution in [3.8, 4) is 0 Å². The van der Waals surface area contributed by atoms with Gasteiger partial charge in [-0.25, -0.2) is 4.79 Å². The number of hydrogen-bond donors (Lipinski definition) is 2. The van der Waals surface area contributed by atoms with Gasteiger partial charge < -0.3 is 20.3 Å². The average Bonchev–Trinajstić information content (AvgIpc) is 2.68. The number of amides is 3. The Balaban J connectivity index is 3.07. The SMILES string of the molecule is CCCCCNC(=O)C(c1cc(C)ccc1C)N(CC)C(=O)CNC(=O)OC(C)(C)C. The number of hydrogen-bond acceptors (Lipinski definition) is 4. The molecule has 2 N–H and O–H groups in total. The number of alkyl carbamates (subject to hydrolysis) is 1. The van der Waals surface area contributed by atoms with Crippen molar-refractivity contribution >= 4 is 17.9 Å². The summed E-state index contributed by atoms with van der Waals surface area (Å²) in [5.74, 6) is -0.555. The molecule has 1 atom stereocenters. The van der Waals surface area contributed by atoms with Crippen molar-refractivity contribution in [2.45, 2.75) is 79.4 Å². The summed E-state index contributed by atoms with van der Waals surface area (Å²) in [6.07, 6.45) is 2.32. The molecular weight excluding hydrogens is 394 g/mol. The fourth-order valence-corrected chi connectivity index (χ4v) is 3.25. The molecular formula is C24H39N3O4. The van der Waals surface area contributed by atoms with Crippen molar-refractivity contribution in [1.82, 2.24) is 15.5 Å². The topological polar surface area (TPSA) is 87.7 Å². The Labute approximate surface area is 186 Å². The number of nitrogens with zero attached hydrogens (tertiary/aromatic N) is 1. The first-order valence-corrected chi connectivity index (χ1v) is 11.1. The van der Waals surface area contributed by atoms with E-state index in [-0.39, 0.29) is 18.4 Å². The highest BCUT2D eigenvalue weighted by molar-refractivity contribution is 5.90. The van der Waals surface area contributed by atoms with Crippen molar-refractivity contribution in [3.63, 3.8) is 0 Å². The molecule has 1 aromatic rings. The van der Waals surface area contributed by atoms with Gasteiger partial charge in [-0.2, -0.15) is 0 Å². The molecule has 0 radical (unpaired) electrons. The summed E-state index contributed by atoms with van der Waals surface area (Å²) in [6, 6.07) is 5.12. The number of rotatable bonds is 10. The number of benzene rings is 1. The maximum Gasteiger partial charge on any atom is 0.408 e. The van der Waals surface area contributed by atoms with Crippen LogP contribution in [0, 0.1) is 13.8 Å². The molecule has 1 unspecified atom stereocenters. The summed E-state index contributed by atoms with van der Waals surface area (Å²) in [6.45, 7) is 13.7. The Morgan fingerprint density at radius 3 is 2.32 bits per heavy atom. The Kier molecular flexibility index (Phi) is 10.5. The molecule has 1 aromatic carbocycles. The van der Waals surface area contributed by atoms with Crippen molar-refractivity contribution in [1.29, 1.82) is 0 Å². The molecule has 0 saturated heterocycles. The van der Waals surface area contributed by atoms with E-state index in [1.165, 1.54) is 4.90 Å². The van der Waals surface area contributed by atoms with Gasteiger partial charge in [-0.1, -0.05) is 43.5 Å². The van der Waals surface area contributed by atoms with Gasteiger partial charge in [0.2, 0.25) is 11.8 Å². The van der Waals surface area contributed by atoms with Gasteiger partial charge in [0, 0.05) is 13.1 Å². The van der Waals surface area contributed by atoms with Crippen LogP contribution in [0.3, 0.4) is 0 Å². The van der Waals surface area contributed by atoms with Crippen molar-refractivity contribution in [3.05, 3.63) is 34.9 Å². The second-order valence-electron chi connectivity index (χ2n) is 8.80. The normalized spacial score (nSPS) is 12.1. The number of carbonyl (C=O) groups excluding carboxylic acids is 3. The molecule has 7 heteroatoms. The molecule has 1 rings (SSSR count). The van der Waals surface area contributed by atoms with Gasteiger partial charge in [0.05, 0.1) is 0 Å². The summed E-state index contributed by atoms with van der Waals surface area (Å²) in [5.41, 5.74) is 2.09. The van der Waals surface area contributed by atoms with Crippen LogP contribution in [0.2, 0.25) is 0 Å². The largest absolute Gasteiger partial charge is 0.444 e. The van der Waals surface area contributed by atoms with E-state index in [1.807, 2.05) is 39.0 Å². The molecule has 0 aromatic heterocycles. The maximum absolute atomic E-state index is 13.2. The van der Waals surface area contributed by atoms with E-state index in [0.29, 0.717) is 13.1 Å². The second-order valence-corrected chi connectivity index (χ2v) is 8.80. The zero-order valence-corrected chi connectivity index (χ0v) is 20.1. The molecule has 174 valence electrons. The first-order chi connectivity index (χ1) is 14.5. The first kappa shape index (κ1) is 26.5. The Morgan fingerprint density at radius 2 is 1.74 bits per heavy atom. The molecule has 0 aliphatic rings. The van der Waals surface area contributed by atoms with Crippen LogP contribution in [0.4, 0.5) is 4.79 Å². The van der Waals surface area contributed by atoms with Crippen LogP contribution in [-0.2, 0) is 14.3 Å². The second kappa shape index (κ2) is 12.3. The minimum atomic E-state index is -0.764. The number of unbranched alkanes of at least 4 members (excludes halogenated alkanes) is 2. The Bertz CT molecular complexity index is 756. The molecule has 0 heterocycles. The number of nitrogens with one attached hydrogen (secondary N) is 2. The monoisotopic (exact) mass is 433 g/mol. The summed E-state index contributed by atoms with van der Waals surface area (Å²) in [4.78, 5) is 39.7. The standard InChI is InChI=1S/C24H39N3O4/c1-8-10-11-14-25-22(29)21(19-15-17(3)12-13-18(19)4)27(9-2)20(28)16-26-23(30)31-24(5,6)7/h12-13,15,21H,8-11,14,16H2,1-7H3,(H,25,29)(H,26,30). The Hall–Kier alpha value is -2.57. The van der Waals surface area contributed by atoms with Gasteiger partial charge in [0.1, 0.15) is 18.2 Å². The third-order valence-corrected chi connectivity index (χ3v) is 4.81. The summed E-state index contributed by atoms with van der Waals surface area (Å²) in [5, 5.41) is 5.48. The van der Waals surface area contributed by atoms with Gasteiger partial charge in [-0.3, -0.25) is 9.59 Å². The van der Waals surface area contributed by atoms with E-state index in [0.717, 1.165) is 36.0 Å². The van der Waals surface area contributed by atoms with Crippen molar-refractivity contribution in [2.24, 2.45) is 0 Å². The molecule has 31 heavy (non-hydrogen) atoms. The molecule has 0 spiro atoms. The lowest BCUT2D eigenvalue weighted by Crippen LogP contribution is -2.48. The zero-order valence-electron chi connectivity index (χ0n) is 20.1. The lowest BCUT2D eigenvalue weighted by atomic mass is 9.96. The fourth-order valence-electron chi connectivity index (χ4n) is 3.25. The molecule has 7 nitrogen and oxygen atoms in total.